The van der Waals surface area contributed by atoms with Gasteiger partial charge in [-0.05, 0) is 18.2 Å². The van der Waals surface area contributed by atoms with Gasteiger partial charge in [0, 0.05) is 19.0 Å². The fourth-order valence-corrected chi connectivity index (χ4v) is 3.57. The number of hydrogen-bond acceptors (Lipinski definition) is 4. The predicted molar refractivity (Wildman–Crippen MR) is 84.5 cm³/mol. The van der Waals surface area contributed by atoms with Gasteiger partial charge in [-0.2, -0.15) is 4.31 Å². The van der Waals surface area contributed by atoms with Gasteiger partial charge in [0.25, 0.3) is 0 Å². The summed E-state index contributed by atoms with van der Waals surface area (Å²) in [4.78, 5) is 11.9. The van der Waals surface area contributed by atoms with Crippen LogP contribution in [-0.2, 0) is 19.6 Å². The van der Waals surface area contributed by atoms with Crippen LogP contribution in [0.2, 0.25) is 5.02 Å². The van der Waals surface area contributed by atoms with Crippen molar-refractivity contribution in [2.45, 2.75) is 18.7 Å². The van der Waals surface area contributed by atoms with E-state index in [9.17, 15) is 13.2 Å². The highest BCUT2D eigenvalue weighted by Crippen LogP contribution is 2.27. The Kier molecular flexibility index (Phi) is 5.44. The van der Waals surface area contributed by atoms with Crippen molar-refractivity contribution in [3.63, 3.8) is 0 Å². The number of anilines is 1. The summed E-state index contributed by atoms with van der Waals surface area (Å²) in [6.07, 6.45) is 0. The number of carbonyl (C=O) groups excluding carboxylic acids is 1. The molecule has 1 aliphatic rings. The maximum atomic E-state index is 12.6. The molecule has 22 heavy (non-hydrogen) atoms. The summed E-state index contributed by atoms with van der Waals surface area (Å²) in [5, 5.41) is 2.95. The van der Waals surface area contributed by atoms with E-state index >= 15 is 0 Å². The number of benzene rings is 1. The summed E-state index contributed by atoms with van der Waals surface area (Å²) < 4.78 is 31.7. The van der Waals surface area contributed by atoms with Crippen LogP contribution >= 0.6 is 11.6 Å². The summed E-state index contributed by atoms with van der Waals surface area (Å²) in [6, 6.07) is 4.32. The number of hydrogen-bond donors (Lipinski definition) is 1. The van der Waals surface area contributed by atoms with E-state index in [0.717, 1.165) is 0 Å². The first-order chi connectivity index (χ1) is 10.3. The second-order valence-electron chi connectivity index (χ2n) is 5.30. The number of amides is 1. The molecule has 0 saturated carbocycles. The van der Waals surface area contributed by atoms with Gasteiger partial charge in [0.15, 0.2) is 0 Å². The van der Waals surface area contributed by atoms with E-state index in [0.29, 0.717) is 37.0 Å². The van der Waals surface area contributed by atoms with Crippen LogP contribution in [0.4, 0.5) is 5.69 Å². The van der Waals surface area contributed by atoms with Gasteiger partial charge in [0.05, 0.1) is 28.8 Å². The second kappa shape index (κ2) is 6.95. The second-order valence-corrected chi connectivity index (χ2v) is 7.65. The molecule has 1 aromatic carbocycles. The van der Waals surface area contributed by atoms with Gasteiger partial charge >= 0.3 is 0 Å². The highest BCUT2D eigenvalue weighted by molar-refractivity contribution is 7.89. The van der Waals surface area contributed by atoms with Crippen LogP contribution in [-0.4, -0.2) is 44.9 Å². The molecule has 1 heterocycles. The van der Waals surface area contributed by atoms with Crippen molar-refractivity contribution in [3.05, 3.63) is 23.2 Å². The van der Waals surface area contributed by atoms with Gasteiger partial charge in [-0.15, -0.1) is 0 Å². The zero-order valence-corrected chi connectivity index (χ0v) is 14.1. The minimum Gasteiger partial charge on any atom is -0.379 e. The zero-order chi connectivity index (χ0) is 16.3. The lowest BCUT2D eigenvalue weighted by atomic mass is 10.2. The summed E-state index contributed by atoms with van der Waals surface area (Å²) in [6.45, 7) is 4.89. The molecule has 0 unspecified atom stereocenters. The lowest BCUT2D eigenvalue weighted by Gasteiger charge is -2.26. The molecule has 0 aliphatic carbocycles. The molecule has 1 aliphatic heterocycles. The number of nitrogens with zero attached hydrogens (tertiary/aromatic N) is 1. The third kappa shape index (κ3) is 3.78. The summed E-state index contributed by atoms with van der Waals surface area (Å²) in [5.41, 5.74) is 0.301. The molecule has 0 radical (unpaired) electrons. The lowest BCUT2D eigenvalue weighted by molar-refractivity contribution is -0.118. The standard InChI is InChI=1S/C14H19ClN2O4S/c1-10(2)14(18)16-13-9-11(3-4-12(13)15)22(19,20)17-5-7-21-8-6-17/h3-4,9-10H,5-8H2,1-2H3,(H,16,18). The van der Waals surface area contributed by atoms with Gasteiger partial charge in [0.1, 0.15) is 0 Å². The third-order valence-electron chi connectivity index (χ3n) is 3.33. The average molecular weight is 347 g/mol. The van der Waals surface area contributed by atoms with Crippen molar-refractivity contribution in [3.8, 4) is 0 Å². The monoisotopic (exact) mass is 346 g/mol. The molecule has 0 aromatic heterocycles. The molecule has 0 atom stereocenters. The van der Waals surface area contributed by atoms with Crippen LogP contribution in [0.5, 0.6) is 0 Å². The van der Waals surface area contributed by atoms with Gasteiger partial charge in [0.2, 0.25) is 15.9 Å². The number of sulfonamides is 1. The van der Waals surface area contributed by atoms with E-state index in [4.69, 9.17) is 16.3 Å². The van der Waals surface area contributed by atoms with Gasteiger partial charge in [-0.3, -0.25) is 4.79 Å². The molecule has 2 rings (SSSR count). The van der Waals surface area contributed by atoms with Gasteiger partial charge in [-0.1, -0.05) is 25.4 Å². The molecule has 8 heteroatoms. The van der Waals surface area contributed by atoms with Crippen LogP contribution in [0.1, 0.15) is 13.8 Å². The maximum Gasteiger partial charge on any atom is 0.243 e. The molecule has 1 fully saturated rings. The number of ether oxygens (including phenoxy) is 1. The van der Waals surface area contributed by atoms with Crippen LogP contribution in [0.15, 0.2) is 23.1 Å². The summed E-state index contributed by atoms with van der Waals surface area (Å²) in [5.74, 6) is -0.446. The van der Waals surface area contributed by atoms with Crippen molar-refractivity contribution in [1.82, 2.24) is 4.31 Å². The predicted octanol–water partition coefficient (Wildman–Crippen LogP) is 1.96. The molecule has 0 bridgehead atoms. The Hall–Kier alpha value is -1.15. The van der Waals surface area contributed by atoms with E-state index in [1.54, 1.807) is 13.8 Å². The van der Waals surface area contributed by atoms with Crippen molar-refractivity contribution >= 4 is 33.2 Å². The van der Waals surface area contributed by atoms with E-state index in [-0.39, 0.29) is 16.7 Å². The highest BCUT2D eigenvalue weighted by atomic mass is 35.5. The van der Waals surface area contributed by atoms with Crippen LogP contribution in [0.3, 0.4) is 0 Å². The molecule has 1 N–H and O–H groups in total. The smallest absolute Gasteiger partial charge is 0.243 e. The van der Waals surface area contributed by atoms with E-state index in [1.807, 2.05) is 0 Å². The molecule has 0 spiro atoms. The third-order valence-corrected chi connectivity index (χ3v) is 5.55. The lowest BCUT2D eigenvalue weighted by Crippen LogP contribution is -2.40. The molecule has 1 amide bonds. The van der Waals surface area contributed by atoms with E-state index in [1.165, 1.54) is 22.5 Å². The Morgan fingerprint density at radius 2 is 1.95 bits per heavy atom. The number of morpholine rings is 1. The number of nitrogens with one attached hydrogen (secondary N) is 1. The first-order valence-electron chi connectivity index (χ1n) is 7.00. The van der Waals surface area contributed by atoms with E-state index in [2.05, 4.69) is 5.32 Å². The molecule has 1 aromatic rings. The first kappa shape index (κ1) is 17.2. The van der Waals surface area contributed by atoms with E-state index < -0.39 is 10.0 Å². The van der Waals surface area contributed by atoms with Crippen LogP contribution < -0.4 is 5.32 Å². The number of halogens is 1. The Morgan fingerprint density at radius 3 is 2.55 bits per heavy atom. The minimum absolute atomic E-state index is 0.109. The van der Waals surface area contributed by atoms with Crippen molar-refractivity contribution in [2.24, 2.45) is 5.92 Å². The quantitative estimate of drug-likeness (QED) is 0.904. The fraction of sp³-hybridized carbons (Fsp3) is 0.500. The first-order valence-corrected chi connectivity index (χ1v) is 8.82. The summed E-state index contributed by atoms with van der Waals surface area (Å²) >= 11 is 6.04. The maximum absolute atomic E-state index is 12.6. The molecular weight excluding hydrogens is 328 g/mol. The molecular formula is C14H19ClN2O4S. The molecule has 6 nitrogen and oxygen atoms in total. The summed E-state index contributed by atoms with van der Waals surface area (Å²) in [7, 11) is -3.61. The Morgan fingerprint density at radius 1 is 1.32 bits per heavy atom. The average Bonchev–Trinajstić information content (AvgIpc) is 2.50. The Labute approximate surface area is 135 Å². The molecule has 1 saturated heterocycles. The zero-order valence-electron chi connectivity index (χ0n) is 12.5. The Bertz CT molecular complexity index is 655. The Balaban J connectivity index is 2.30. The van der Waals surface area contributed by atoms with Crippen molar-refractivity contribution in [2.75, 3.05) is 31.6 Å². The van der Waals surface area contributed by atoms with Crippen LogP contribution in [0, 0.1) is 5.92 Å². The highest BCUT2D eigenvalue weighted by Gasteiger charge is 2.27. The fourth-order valence-electron chi connectivity index (χ4n) is 1.97. The number of rotatable bonds is 4. The van der Waals surface area contributed by atoms with Gasteiger partial charge < -0.3 is 10.1 Å². The number of carbonyl (C=O) groups is 1. The van der Waals surface area contributed by atoms with Crippen LogP contribution in [0.25, 0.3) is 0 Å². The topological polar surface area (TPSA) is 75.7 Å². The van der Waals surface area contributed by atoms with Gasteiger partial charge in [-0.25, -0.2) is 8.42 Å². The largest absolute Gasteiger partial charge is 0.379 e. The normalized spacial score (nSPS) is 16.7. The van der Waals surface area contributed by atoms with Crippen molar-refractivity contribution < 1.29 is 17.9 Å². The van der Waals surface area contributed by atoms with Crippen molar-refractivity contribution in [1.29, 1.82) is 0 Å². The molecule has 122 valence electrons. The SMILES string of the molecule is CC(C)C(=O)Nc1cc(S(=O)(=O)N2CCOCC2)ccc1Cl. The minimum atomic E-state index is -3.61.